The maximum atomic E-state index is 13.6. The van der Waals surface area contributed by atoms with Crippen molar-refractivity contribution >= 4 is 44.2 Å². The Bertz CT molecular complexity index is 1190. The summed E-state index contributed by atoms with van der Waals surface area (Å²) < 4.78 is 0.888. The SMILES string of the molecule is Cc1ccc(Cl)c2sc(N(Cc3ccccn3)C(=O)c3ccc(C(C)(C)C)cc3)nc12. The third-order valence-corrected chi connectivity index (χ3v) is 6.74. The Morgan fingerprint density at radius 1 is 1.06 bits per heavy atom. The molecule has 4 aromatic rings. The van der Waals surface area contributed by atoms with Gasteiger partial charge in [0.05, 0.1) is 27.5 Å². The molecule has 0 spiro atoms. The number of thiazole rings is 1. The van der Waals surface area contributed by atoms with Crippen LogP contribution >= 0.6 is 22.9 Å². The van der Waals surface area contributed by atoms with Crippen molar-refractivity contribution < 1.29 is 4.79 Å². The Kier molecular flexibility index (Phi) is 5.82. The number of aromatic nitrogens is 2. The maximum absolute atomic E-state index is 13.6. The highest BCUT2D eigenvalue weighted by Crippen LogP contribution is 2.36. The molecule has 0 aliphatic heterocycles. The van der Waals surface area contributed by atoms with Gasteiger partial charge in [0, 0.05) is 11.8 Å². The van der Waals surface area contributed by atoms with E-state index in [9.17, 15) is 4.79 Å². The Morgan fingerprint density at radius 2 is 1.81 bits per heavy atom. The minimum Gasteiger partial charge on any atom is -0.278 e. The molecule has 0 saturated carbocycles. The molecule has 0 aliphatic rings. The molecule has 0 fully saturated rings. The lowest BCUT2D eigenvalue weighted by Crippen LogP contribution is -2.30. The van der Waals surface area contributed by atoms with Gasteiger partial charge in [-0.1, -0.05) is 68.0 Å². The lowest BCUT2D eigenvalue weighted by atomic mass is 9.86. The number of nitrogens with zero attached hydrogens (tertiary/aromatic N) is 3. The summed E-state index contributed by atoms with van der Waals surface area (Å²) in [5, 5.41) is 1.26. The van der Waals surface area contributed by atoms with Gasteiger partial charge in [-0.25, -0.2) is 4.98 Å². The number of aryl methyl sites for hydroxylation is 1. The topological polar surface area (TPSA) is 46.1 Å². The quantitative estimate of drug-likeness (QED) is 0.344. The Morgan fingerprint density at radius 3 is 2.42 bits per heavy atom. The van der Waals surface area contributed by atoms with Crippen LogP contribution in [-0.4, -0.2) is 15.9 Å². The second-order valence-corrected chi connectivity index (χ2v) is 9.96. The third-order valence-electron chi connectivity index (χ3n) is 5.21. The molecule has 1 amide bonds. The van der Waals surface area contributed by atoms with Gasteiger partial charge >= 0.3 is 0 Å². The summed E-state index contributed by atoms with van der Waals surface area (Å²) in [6, 6.07) is 17.3. The average molecular weight is 450 g/mol. The summed E-state index contributed by atoms with van der Waals surface area (Å²) in [6.07, 6.45) is 1.73. The van der Waals surface area contributed by atoms with Crippen LogP contribution in [0, 0.1) is 6.92 Å². The first kappa shape index (κ1) is 21.5. The summed E-state index contributed by atoms with van der Waals surface area (Å²) in [4.78, 5) is 24.5. The molecule has 4 rings (SSSR count). The number of rotatable bonds is 4. The smallest absolute Gasteiger partial charge is 0.260 e. The first-order valence-corrected chi connectivity index (χ1v) is 11.3. The minimum absolute atomic E-state index is 0.0243. The highest BCUT2D eigenvalue weighted by molar-refractivity contribution is 7.23. The standard InChI is InChI=1S/C25H24ClN3OS/c1-16-8-13-20(26)22-21(16)28-24(31-22)29(15-19-7-5-6-14-27-19)23(30)17-9-11-18(12-10-17)25(2,3)4/h5-14H,15H2,1-4H3. The first-order chi connectivity index (χ1) is 14.7. The van der Waals surface area contributed by atoms with E-state index < -0.39 is 0 Å². The van der Waals surface area contributed by atoms with Gasteiger partial charge in [0.2, 0.25) is 0 Å². The largest absolute Gasteiger partial charge is 0.278 e. The number of hydrogen-bond donors (Lipinski definition) is 0. The van der Waals surface area contributed by atoms with E-state index in [4.69, 9.17) is 16.6 Å². The number of benzene rings is 2. The van der Waals surface area contributed by atoms with Crippen molar-refractivity contribution in [2.45, 2.75) is 39.7 Å². The predicted molar refractivity (Wildman–Crippen MR) is 129 cm³/mol. The number of halogens is 1. The third kappa shape index (κ3) is 4.48. The molecule has 0 unspecified atom stereocenters. The van der Waals surface area contributed by atoms with E-state index in [1.165, 1.54) is 16.9 Å². The van der Waals surface area contributed by atoms with Crippen molar-refractivity contribution in [2.24, 2.45) is 0 Å². The van der Waals surface area contributed by atoms with Crippen LogP contribution in [0.15, 0.2) is 60.8 Å². The molecule has 6 heteroatoms. The molecule has 0 N–H and O–H groups in total. The van der Waals surface area contributed by atoms with Crippen LogP contribution in [0.2, 0.25) is 5.02 Å². The van der Waals surface area contributed by atoms with Crippen molar-refractivity contribution in [3.05, 3.63) is 88.2 Å². The molecule has 0 aliphatic carbocycles. The number of amides is 1. The molecule has 158 valence electrons. The number of carbonyl (C=O) groups is 1. The van der Waals surface area contributed by atoms with E-state index in [1.807, 2.05) is 61.5 Å². The zero-order valence-corrected chi connectivity index (χ0v) is 19.6. The number of hydrogen-bond acceptors (Lipinski definition) is 4. The monoisotopic (exact) mass is 449 g/mol. The van der Waals surface area contributed by atoms with Crippen LogP contribution in [-0.2, 0) is 12.0 Å². The molecule has 0 saturated heterocycles. The minimum atomic E-state index is -0.112. The predicted octanol–water partition coefficient (Wildman–Crippen LogP) is 6.80. The van der Waals surface area contributed by atoms with E-state index in [0.717, 1.165) is 21.5 Å². The highest BCUT2D eigenvalue weighted by atomic mass is 35.5. The van der Waals surface area contributed by atoms with Crippen molar-refractivity contribution in [3.8, 4) is 0 Å². The van der Waals surface area contributed by atoms with Crippen LogP contribution in [0.1, 0.15) is 48.0 Å². The van der Waals surface area contributed by atoms with Crippen molar-refractivity contribution in [3.63, 3.8) is 0 Å². The molecule has 0 bridgehead atoms. The van der Waals surface area contributed by atoms with Gasteiger partial charge in [0.25, 0.3) is 5.91 Å². The van der Waals surface area contributed by atoms with E-state index in [0.29, 0.717) is 22.3 Å². The van der Waals surface area contributed by atoms with Crippen molar-refractivity contribution in [1.82, 2.24) is 9.97 Å². The fourth-order valence-electron chi connectivity index (χ4n) is 3.35. The van der Waals surface area contributed by atoms with Gasteiger partial charge < -0.3 is 0 Å². The number of pyridine rings is 1. The van der Waals surface area contributed by atoms with E-state index >= 15 is 0 Å². The summed E-state index contributed by atoms with van der Waals surface area (Å²) in [5.74, 6) is -0.112. The van der Waals surface area contributed by atoms with Crippen LogP contribution in [0.5, 0.6) is 0 Å². The van der Waals surface area contributed by atoms with Gasteiger partial charge in [-0.3, -0.25) is 14.7 Å². The van der Waals surface area contributed by atoms with E-state index in [-0.39, 0.29) is 11.3 Å². The highest BCUT2D eigenvalue weighted by Gasteiger charge is 2.24. The summed E-state index contributed by atoms with van der Waals surface area (Å²) in [5.41, 5.74) is 4.48. The lowest BCUT2D eigenvalue weighted by molar-refractivity contribution is 0.0984. The van der Waals surface area contributed by atoms with Crippen LogP contribution in [0.3, 0.4) is 0 Å². The molecule has 2 aromatic carbocycles. The summed E-state index contributed by atoms with van der Waals surface area (Å²) in [6.45, 7) is 8.80. The summed E-state index contributed by atoms with van der Waals surface area (Å²) in [7, 11) is 0. The number of carbonyl (C=O) groups excluding carboxylic acids is 1. The molecule has 31 heavy (non-hydrogen) atoms. The Balaban J connectivity index is 1.77. The fourth-order valence-corrected chi connectivity index (χ4v) is 4.67. The van der Waals surface area contributed by atoms with Crippen LogP contribution < -0.4 is 4.90 Å². The van der Waals surface area contributed by atoms with E-state index in [1.54, 1.807) is 11.1 Å². The van der Waals surface area contributed by atoms with Crippen molar-refractivity contribution in [1.29, 1.82) is 0 Å². The van der Waals surface area contributed by atoms with E-state index in [2.05, 4.69) is 25.8 Å². The van der Waals surface area contributed by atoms with Crippen molar-refractivity contribution in [2.75, 3.05) is 4.90 Å². The molecular weight excluding hydrogens is 426 g/mol. The fraction of sp³-hybridized carbons (Fsp3) is 0.240. The molecule has 0 radical (unpaired) electrons. The van der Waals surface area contributed by atoms with Gasteiger partial charge in [0.1, 0.15) is 0 Å². The molecule has 2 heterocycles. The van der Waals surface area contributed by atoms with Gasteiger partial charge in [-0.15, -0.1) is 0 Å². The zero-order chi connectivity index (χ0) is 22.2. The Hall–Kier alpha value is -2.76. The molecule has 0 atom stereocenters. The van der Waals surface area contributed by atoms with Crippen LogP contribution in [0.25, 0.3) is 10.2 Å². The zero-order valence-electron chi connectivity index (χ0n) is 18.0. The lowest BCUT2D eigenvalue weighted by Gasteiger charge is -2.21. The number of fused-ring (bicyclic) bond motifs is 1. The summed E-state index contributed by atoms with van der Waals surface area (Å²) >= 11 is 7.85. The molecule has 2 aromatic heterocycles. The molecule has 4 nitrogen and oxygen atoms in total. The first-order valence-electron chi connectivity index (χ1n) is 10.1. The second-order valence-electron chi connectivity index (χ2n) is 8.58. The molecular formula is C25H24ClN3OS. The average Bonchev–Trinajstić information content (AvgIpc) is 3.21. The Labute approximate surface area is 191 Å². The van der Waals surface area contributed by atoms with Gasteiger partial charge in [0.15, 0.2) is 5.13 Å². The van der Waals surface area contributed by atoms with Gasteiger partial charge in [-0.2, -0.15) is 0 Å². The normalized spacial score (nSPS) is 11.6. The van der Waals surface area contributed by atoms with Crippen LogP contribution in [0.4, 0.5) is 5.13 Å². The van der Waals surface area contributed by atoms with Gasteiger partial charge in [-0.05, 0) is 53.8 Å². The maximum Gasteiger partial charge on any atom is 0.260 e. The second kappa shape index (κ2) is 8.40. The number of anilines is 1.